The highest BCUT2D eigenvalue weighted by Gasteiger charge is 2.21. The van der Waals surface area contributed by atoms with Gasteiger partial charge in [0.25, 0.3) is 0 Å². The first-order valence-corrected chi connectivity index (χ1v) is 7.92. The second-order valence-electron chi connectivity index (χ2n) is 5.46. The van der Waals surface area contributed by atoms with Crippen LogP contribution in [0.3, 0.4) is 0 Å². The first kappa shape index (κ1) is 16.1. The van der Waals surface area contributed by atoms with Crippen LogP contribution >= 0.6 is 11.6 Å². The van der Waals surface area contributed by atoms with Gasteiger partial charge < -0.3 is 15.0 Å². The van der Waals surface area contributed by atoms with Gasteiger partial charge in [-0.1, -0.05) is 18.2 Å². The largest absolute Gasteiger partial charge is 0.358 e. The van der Waals surface area contributed by atoms with Gasteiger partial charge in [0, 0.05) is 22.7 Å². The fourth-order valence-electron chi connectivity index (χ4n) is 2.90. The number of amides is 1. The van der Waals surface area contributed by atoms with Gasteiger partial charge in [-0.2, -0.15) is 5.10 Å². The van der Waals surface area contributed by atoms with Crippen molar-refractivity contribution >= 4 is 46.1 Å². The first-order chi connectivity index (χ1) is 12.6. The molecule has 4 rings (SSSR count). The Morgan fingerprint density at radius 2 is 2.15 bits per heavy atom. The maximum absolute atomic E-state index is 14.8. The van der Waals surface area contributed by atoms with Crippen molar-refractivity contribution in [3.05, 3.63) is 54.3 Å². The third-order valence-electron chi connectivity index (χ3n) is 3.98. The fourth-order valence-corrected chi connectivity index (χ4v) is 3.21. The van der Waals surface area contributed by atoms with E-state index in [4.69, 9.17) is 11.6 Å². The van der Waals surface area contributed by atoms with E-state index in [-0.39, 0.29) is 10.7 Å². The van der Waals surface area contributed by atoms with Crippen molar-refractivity contribution in [1.82, 2.24) is 19.6 Å². The molecule has 7 nitrogen and oxygen atoms in total. The van der Waals surface area contributed by atoms with Crippen LogP contribution in [0.2, 0.25) is 5.02 Å². The third-order valence-corrected chi connectivity index (χ3v) is 4.34. The lowest BCUT2D eigenvalue weighted by Crippen LogP contribution is -1.97. The number of halogens is 2. The van der Waals surface area contributed by atoms with E-state index in [1.807, 2.05) is 0 Å². The molecule has 0 fully saturated rings. The van der Waals surface area contributed by atoms with Crippen LogP contribution in [0.5, 0.6) is 0 Å². The molecule has 130 valence electrons. The molecule has 4 aromatic rings. The Morgan fingerprint density at radius 3 is 2.92 bits per heavy atom. The Hall–Kier alpha value is -3.39. The van der Waals surface area contributed by atoms with E-state index >= 15 is 0 Å². The van der Waals surface area contributed by atoms with Crippen LogP contribution in [0.15, 0.2) is 43.5 Å². The molecule has 0 aliphatic heterocycles. The van der Waals surface area contributed by atoms with Crippen molar-refractivity contribution in [3.63, 3.8) is 0 Å². The molecular formula is C17H12ClFN6O. The zero-order chi connectivity index (χ0) is 18.3. The number of fused-ring (bicyclic) bond motifs is 2. The second-order valence-corrected chi connectivity index (χ2v) is 5.83. The standard InChI is InChI=1S/C17H12ClFN6O/c1-2-20-17-15(19)14(18)13(10-5-22-24-16(10)17)9-3-4-12-23-11(21-8-26)7-25(12)6-9/h2-8,20H,1H2,(H,21,26)(H,22,24). The van der Waals surface area contributed by atoms with E-state index in [0.717, 1.165) is 0 Å². The minimum Gasteiger partial charge on any atom is -0.358 e. The van der Waals surface area contributed by atoms with Crippen molar-refractivity contribution in [2.75, 3.05) is 10.6 Å². The molecule has 0 aliphatic rings. The van der Waals surface area contributed by atoms with Crippen molar-refractivity contribution < 1.29 is 9.18 Å². The normalized spacial score (nSPS) is 11.0. The van der Waals surface area contributed by atoms with E-state index in [2.05, 4.69) is 32.4 Å². The molecular weight excluding hydrogens is 359 g/mol. The minimum absolute atomic E-state index is 0.0334. The van der Waals surface area contributed by atoms with Crippen LogP contribution in [0, 0.1) is 5.82 Å². The number of H-pyrrole nitrogens is 1. The first-order valence-electron chi connectivity index (χ1n) is 7.54. The number of nitrogens with one attached hydrogen (secondary N) is 3. The zero-order valence-electron chi connectivity index (χ0n) is 13.3. The summed E-state index contributed by atoms with van der Waals surface area (Å²) >= 11 is 6.34. The van der Waals surface area contributed by atoms with Gasteiger partial charge in [0.2, 0.25) is 6.41 Å². The summed E-state index contributed by atoms with van der Waals surface area (Å²) < 4.78 is 16.5. The van der Waals surface area contributed by atoms with Gasteiger partial charge in [-0.25, -0.2) is 9.37 Å². The van der Waals surface area contributed by atoms with Crippen molar-refractivity contribution in [2.24, 2.45) is 0 Å². The third kappa shape index (κ3) is 2.39. The topological polar surface area (TPSA) is 87.1 Å². The number of pyridine rings is 1. The van der Waals surface area contributed by atoms with E-state index in [1.54, 1.807) is 35.1 Å². The summed E-state index contributed by atoms with van der Waals surface area (Å²) in [6, 6.07) is 3.53. The lowest BCUT2D eigenvalue weighted by atomic mass is 10.0. The summed E-state index contributed by atoms with van der Waals surface area (Å²) in [6.45, 7) is 3.55. The molecule has 0 aliphatic carbocycles. The van der Waals surface area contributed by atoms with Crippen LogP contribution in [-0.4, -0.2) is 26.0 Å². The van der Waals surface area contributed by atoms with E-state index in [9.17, 15) is 9.18 Å². The molecule has 1 aromatic carbocycles. The number of carbonyl (C=O) groups is 1. The highest BCUT2D eigenvalue weighted by molar-refractivity contribution is 6.36. The molecule has 0 saturated carbocycles. The second kappa shape index (κ2) is 6.16. The number of aromatic nitrogens is 4. The highest BCUT2D eigenvalue weighted by Crippen LogP contribution is 2.41. The lowest BCUT2D eigenvalue weighted by molar-refractivity contribution is -0.105. The Morgan fingerprint density at radius 1 is 1.31 bits per heavy atom. The summed E-state index contributed by atoms with van der Waals surface area (Å²) in [7, 11) is 0. The van der Waals surface area contributed by atoms with Crippen LogP contribution < -0.4 is 10.6 Å². The van der Waals surface area contributed by atoms with Crippen LogP contribution in [0.1, 0.15) is 0 Å². The smallest absolute Gasteiger partial charge is 0.212 e. The number of carbonyl (C=O) groups excluding carboxylic acids is 1. The molecule has 3 aromatic heterocycles. The summed E-state index contributed by atoms with van der Waals surface area (Å²) in [6.07, 6.45) is 6.91. The SMILES string of the molecule is C=CNc1c(F)c(Cl)c(-c2ccc3nc(NC=O)cn3c2)c2cn[nH]c12. The van der Waals surface area contributed by atoms with Gasteiger partial charge in [-0.15, -0.1) is 0 Å². The summed E-state index contributed by atoms with van der Waals surface area (Å²) in [5, 5.41) is 12.7. The monoisotopic (exact) mass is 370 g/mol. The molecule has 9 heteroatoms. The maximum Gasteiger partial charge on any atom is 0.212 e. The fraction of sp³-hybridized carbons (Fsp3) is 0. The van der Waals surface area contributed by atoms with Crippen LogP contribution in [0.4, 0.5) is 15.9 Å². The number of imidazole rings is 1. The number of rotatable bonds is 5. The molecule has 0 spiro atoms. The molecule has 0 bridgehead atoms. The van der Waals surface area contributed by atoms with Crippen molar-refractivity contribution in [3.8, 4) is 11.1 Å². The summed E-state index contributed by atoms with van der Waals surface area (Å²) in [5.74, 6) is -0.194. The number of aromatic amines is 1. The quantitative estimate of drug-likeness (QED) is 0.466. The maximum atomic E-state index is 14.8. The van der Waals surface area contributed by atoms with Crippen molar-refractivity contribution in [2.45, 2.75) is 0 Å². The predicted molar refractivity (Wildman–Crippen MR) is 98.8 cm³/mol. The van der Waals surface area contributed by atoms with Gasteiger partial charge in [0.15, 0.2) is 11.6 Å². The average molecular weight is 371 g/mol. The van der Waals surface area contributed by atoms with Gasteiger partial charge in [0.1, 0.15) is 11.3 Å². The number of hydrogen-bond acceptors (Lipinski definition) is 4. The molecule has 3 N–H and O–H groups in total. The minimum atomic E-state index is -0.604. The van der Waals surface area contributed by atoms with E-state index in [0.29, 0.717) is 39.9 Å². The molecule has 3 heterocycles. The Balaban J connectivity index is 1.96. The average Bonchev–Trinajstić information content (AvgIpc) is 3.25. The van der Waals surface area contributed by atoms with Gasteiger partial charge in [0.05, 0.1) is 22.9 Å². The van der Waals surface area contributed by atoms with Gasteiger partial charge in [-0.05, 0) is 18.3 Å². The summed E-state index contributed by atoms with van der Waals surface area (Å²) in [4.78, 5) is 14.8. The number of hydrogen-bond donors (Lipinski definition) is 3. The Labute approximate surface area is 151 Å². The summed E-state index contributed by atoms with van der Waals surface area (Å²) in [5.41, 5.74) is 2.47. The van der Waals surface area contributed by atoms with Crippen molar-refractivity contribution in [1.29, 1.82) is 0 Å². The predicted octanol–water partition coefficient (Wildman–Crippen LogP) is 3.79. The molecule has 1 amide bonds. The molecule has 0 saturated heterocycles. The van der Waals surface area contributed by atoms with E-state index < -0.39 is 5.82 Å². The Kier molecular flexibility index (Phi) is 3.81. The van der Waals surface area contributed by atoms with E-state index in [1.165, 1.54) is 6.20 Å². The number of benzene rings is 1. The highest BCUT2D eigenvalue weighted by atomic mass is 35.5. The van der Waals surface area contributed by atoms with Crippen LogP contribution in [0.25, 0.3) is 27.7 Å². The molecule has 0 atom stereocenters. The molecule has 0 radical (unpaired) electrons. The molecule has 0 unspecified atom stereocenters. The zero-order valence-corrected chi connectivity index (χ0v) is 14.0. The van der Waals surface area contributed by atoms with Gasteiger partial charge >= 0.3 is 0 Å². The number of anilines is 2. The Bertz CT molecular complexity index is 1170. The van der Waals surface area contributed by atoms with Crippen LogP contribution in [-0.2, 0) is 4.79 Å². The van der Waals surface area contributed by atoms with Gasteiger partial charge in [-0.3, -0.25) is 9.89 Å². The number of nitrogens with zero attached hydrogens (tertiary/aromatic N) is 3. The lowest BCUT2D eigenvalue weighted by Gasteiger charge is -2.12. The molecule has 26 heavy (non-hydrogen) atoms.